The molecule has 0 radical (unpaired) electrons. The van der Waals surface area contributed by atoms with Gasteiger partial charge in [-0.3, -0.25) is 0 Å². The van der Waals surface area contributed by atoms with Gasteiger partial charge >= 0.3 is 5.97 Å². The zero-order valence-corrected chi connectivity index (χ0v) is 19.7. The molecular formula is C30H28O4. The molecule has 0 fully saturated rings. The Bertz CT molecular complexity index is 1220. The molecule has 0 bridgehead atoms. The molecule has 0 heterocycles. The van der Waals surface area contributed by atoms with Crippen LogP contribution in [-0.2, 0) is 11.3 Å². The lowest BCUT2D eigenvalue weighted by atomic mass is 9.99. The molecule has 0 aromatic heterocycles. The fourth-order valence-corrected chi connectivity index (χ4v) is 3.43. The molecule has 0 aliphatic heterocycles. The average molecular weight is 453 g/mol. The van der Waals surface area contributed by atoms with E-state index in [9.17, 15) is 4.79 Å². The predicted molar refractivity (Wildman–Crippen MR) is 134 cm³/mol. The minimum Gasteiger partial charge on any atom is -0.489 e. The van der Waals surface area contributed by atoms with Gasteiger partial charge < -0.3 is 14.2 Å². The summed E-state index contributed by atoms with van der Waals surface area (Å²) < 4.78 is 17.5. The standard InChI is InChI=1S/C30H28O4/c1-30(2,3)34-29(31)28-20-26(32-21-22-10-6-4-7-11-22)18-19-27(28)23-14-16-25(17-15-23)33-24-12-8-5-9-13-24/h4-20H,21H2,1-3H3. The number of benzene rings is 4. The molecule has 0 N–H and O–H groups in total. The summed E-state index contributed by atoms with van der Waals surface area (Å²) >= 11 is 0. The summed E-state index contributed by atoms with van der Waals surface area (Å²) in [5, 5.41) is 0. The Labute approximate surface area is 200 Å². The van der Waals surface area contributed by atoms with Crippen LogP contribution in [0.2, 0.25) is 0 Å². The molecule has 0 spiro atoms. The fraction of sp³-hybridized carbons (Fsp3) is 0.167. The van der Waals surface area contributed by atoms with E-state index in [1.165, 1.54) is 0 Å². The highest BCUT2D eigenvalue weighted by Crippen LogP contribution is 2.31. The third kappa shape index (κ3) is 6.26. The summed E-state index contributed by atoms with van der Waals surface area (Å²) in [4.78, 5) is 13.1. The molecular weight excluding hydrogens is 424 g/mol. The van der Waals surface area contributed by atoms with Gasteiger partial charge in [0.15, 0.2) is 0 Å². The molecule has 34 heavy (non-hydrogen) atoms. The normalized spacial score (nSPS) is 11.0. The maximum atomic E-state index is 13.1. The highest BCUT2D eigenvalue weighted by atomic mass is 16.6. The maximum Gasteiger partial charge on any atom is 0.339 e. The number of ether oxygens (including phenoxy) is 3. The van der Waals surface area contributed by atoms with Crippen molar-refractivity contribution in [1.82, 2.24) is 0 Å². The zero-order chi connectivity index (χ0) is 24.0. The smallest absolute Gasteiger partial charge is 0.339 e. The Morgan fingerprint density at radius 1 is 0.706 bits per heavy atom. The zero-order valence-electron chi connectivity index (χ0n) is 19.7. The van der Waals surface area contributed by atoms with E-state index < -0.39 is 11.6 Å². The second-order valence-corrected chi connectivity index (χ2v) is 8.92. The first-order chi connectivity index (χ1) is 16.4. The van der Waals surface area contributed by atoms with Crippen molar-refractivity contribution in [1.29, 1.82) is 0 Å². The Hall–Kier alpha value is -4.05. The molecule has 4 nitrogen and oxygen atoms in total. The largest absolute Gasteiger partial charge is 0.489 e. The quantitative estimate of drug-likeness (QED) is 0.270. The van der Waals surface area contributed by atoms with Gasteiger partial charge in [-0.05, 0) is 79.9 Å². The molecule has 0 aliphatic rings. The number of hydrogen-bond acceptors (Lipinski definition) is 4. The van der Waals surface area contributed by atoms with Gasteiger partial charge in [-0.1, -0.05) is 60.7 Å². The number of carbonyl (C=O) groups is 1. The summed E-state index contributed by atoms with van der Waals surface area (Å²) in [6.45, 7) is 5.99. The average Bonchev–Trinajstić information content (AvgIpc) is 2.83. The van der Waals surface area contributed by atoms with E-state index in [0.29, 0.717) is 17.9 Å². The van der Waals surface area contributed by atoms with Crippen LogP contribution in [0.25, 0.3) is 11.1 Å². The van der Waals surface area contributed by atoms with E-state index >= 15 is 0 Å². The van der Waals surface area contributed by atoms with E-state index in [0.717, 1.165) is 28.2 Å². The van der Waals surface area contributed by atoms with Gasteiger partial charge in [0.1, 0.15) is 29.5 Å². The molecule has 0 saturated carbocycles. The van der Waals surface area contributed by atoms with Crippen LogP contribution in [0.3, 0.4) is 0 Å². The van der Waals surface area contributed by atoms with Crippen LogP contribution in [0.4, 0.5) is 0 Å². The van der Waals surface area contributed by atoms with Crippen molar-refractivity contribution in [3.05, 3.63) is 114 Å². The van der Waals surface area contributed by atoms with Crippen molar-refractivity contribution in [2.24, 2.45) is 0 Å². The van der Waals surface area contributed by atoms with Crippen LogP contribution in [0.15, 0.2) is 103 Å². The summed E-state index contributed by atoms with van der Waals surface area (Å²) in [6, 6.07) is 32.7. The summed E-state index contributed by atoms with van der Waals surface area (Å²) in [5.74, 6) is 1.70. The number of carbonyl (C=O) groups excluding carboxylic acids is 1. The van der Waals surface area contributed by atoms with E-state index in [4.69, 9.17) is 14.2 Å². The van der Waals surface area contributed by atoms with Gasteiger partial charge in [-0.2, -0.15) is 0 Å². The van der Waals surface area contributed by atoms with Gasteiger partial charge in [0.25, 0.3) is 0 Å². The van der Waals surface area contributed by atoms with Crippen LogP contribution in [0.5, 0.6) is 17.2 Å². The van der Waals surface area contributed by atoms with Crippen molar-refractivity contribution in [3.8, 4) is 28.4 Å². The molecule has 0 unspecified atom stereocenters. The first-order valence-electron chi connectivity index (χ1n) is 11.2. The summed E-state index contributed by atoms with van der Waals surface area (Å²) in [6.07, 6.45) is 0. The first-order valence-corrected chi connectivity index (χ1v) is 11.2. The second-order valence-electron chi connectivity index (χ2n) is 8.92. The molecule has 4 aromatic rings. The lowest BCUT2D eigenvalue weighted by Gasteiger charge is -2.21. The van der Waals surface area contributed by atoms with Crippen molar-refractivity contribution in [3.63, 3.8) is 0 Å². The van der Waals surface area contributed by atoms with Crippen molar-refractivity contribution in [2.45, 2.75) is 33.0 Å². The van der Waals surface area contributed by atoms with Crippen LogP contribution in [-0.4, -0.2) is 11.6 Å². The fourth-order valence-electron chi connectivity index (χ4n) is 3.43. The number of rotatable bonds is 7. The molecule has 172 valence electrons. The molecule has 4 aromatic carbocycles. The maximum absolute atomic E-state index is 13.1. The minimum absolute atomic E-state index is 0.391. The summed E-state index contributed by atoms with van der Waals surface area (Å²) in [7, 11) is 0. The van der Waals surface area contributed by atoms with Gasteiger partial charge in [0.05, 0.1) is 5.56 Å². The van der Waals surface area contributed by atoms with Crippen molar-refractivity contribution < 1.29 is 19.0 Å². The monoisotopic (exact) mass is 452 g/mol. The van der Waals surface area contributed by atoms with Gasteiger partial charge in [-0.25, -0.2) is 4.79 Å². The van der Waals surface area contributed by atoms with Crippen LogP contribution in [0.1, 0.15) is 36.7 Å². The Morgan fingerprint density at radius 3 is 1.94 bits per heavy atom. The van der Waals surface area contributed by atoms with E-state index in [1.807, 2.05) is 118 Å². The lowest BCUT2D eigenvalue weighted by Crippen LogP contribution is -2.24. The van der Waals surface area contributed by atoms with Crippen molar-refractivity contribution >= 4 is 5.97 Å². The first kappa shape index (κ1) is 23.1. The highest BCUT2D eigenvalue weighted by molar-refractivity contribution is 5.98. The number of hydrogen-bond donors (Lipinski definition) is 0. The van der Waals surface area contributed by atoms with Crippen LogP contribution < -0.4 is 9.47 Å². The Balaban J connectivity index is 1.60. The second kappa shape index (κ2) is 10.3. The third-order valence-corrected chi connectivity index (χ3v) is 5.00. The Kier molecular flexibility index (Phi) is 6.98. The molecule has 0 atom stereocenters. The number of para-hydroxylation sites is 1. The topological polar surface area (TPSA) is 44.8 Å². The molecule has 4 rings (SSSR count). The van der Waals surface area contributed by atoms with Crippen LogP contribution in [0, 0.1) is 0 Å². The third-order valence-electron chi connectivity index (χ3n) is 5.00. The summed E-state index contributed by atoms with van der Waals surface area (Å²) in [5.41, 5.74) is 2.56. The molecule has 0 amide bonds. The number of esters is 1. The molecule has 0 aliphatic carbocycles. The lowest BCUT2D eigenvalue weighted by molar-refractivity contribution is 0.00700. The SMILES string of the molecule is CC(C)(C)OC(=O)c1cc(OCc2ccccc2)ccc1-c1ccc(Oc2ccccc2)cc1. The van der Waals surface area contributed by atoms with E-state index in [2.05, 4.69) is 0 Å². The minimum atomic E-state index is -0.608. The van der Waals surface area contributed by atoms with Gasteiger partial charge in [-0.15, -0.1) is 0 Å². The molecule has 4 heteroatoms. The molecule has 0 saturated heterocycles. The van der Waals surface area contributed by atoms with Crippen LogP contribution >= 0.6 is 0 Å². The van der Waals surface area contributed by atoms with E-state index in [-0.39, 0.29) is 0 Å². The van der Waals surface area contributed by atoms with Gasteiger partial charge in [0.2, 0.25) is 0 Å². The highest BCUT2D eigenvalue weighted by Gasteiger charge is 2.22. The van der Waals surface area contributed by atoms with E-state index in [1.54, 1.807) is 6.07 Å². The van der Waals surface area contributed by atoms with Gasteiger partial charge in [0, 0.05) is 0 Å². The van der Waals surface area contributed by atoms with Crippen molar-refractivity contribution in [2.75, 3.05) is 0 Å². The predicted octanol–water partition coefficient (Wildman–Crippen LogP) is 7.68. The Morgan fingerprint density at radius 2 is 1.29 bits per heavy atom.